The van der Waals surface area contributed by atoms with Crippen molar-refractivity contribution in [2.75, 3.05) is 44.7 Å². The second kappa shape index (κ2) is 12.5. The van der Waals surface area contributed by atoms with Gasteiger partial charge in [0.25, 0.3) is 0 Å². The first-order valence-electron chi connectivity index (χ1n) is 18.1. The molecule has 0 aromatic heterocycles. The summed E-state index contributed by atoms with van der Waals surface area (Å²) in [5.41, 5.74) is 4.13. The molecule has 1 N–H and O–H groups in total. The lowest BCUT2D eigenvalue weighted by Crippen LogP contribution is -2.54. The molecule has 5 fully saturated rings. The molecule has 0 bridgehead atoms. The fourth-order valence-corrected chi connectivity index (χ4v) is 11.0. The zero-order chi connectivity index (χ0) is 31.3. The van der Waals surface area contributed by atoms with E-state index in [1.165, 1.54) is 49.8 Å². The van der Waals surface area contributed by atoms with E-state index in [9.17, 15) is 9.90 Å². The minimum absolute atomic E-state index is 0.0839. The highest BCUT2D eigenvalue weighted by Gasteiger charge is 2.60. The van der Waals surface area contributed by atoms with Gasteiger partial charge in [-0.2, -0.15) is 0 Å². The van der Waals surface area contributed by atoms with Crippen LogP contribution in [0.1, 0.15) is 96.5 Å². The number of benzene rings is 1. The van der Waals surface area contributed by atoms with Gasteiger partial charge in [-0.1, -0.05) is 20.4 Å². The standard InChI is InChI=1S/C39H56N2O4/c1-26-22-27(32-11-9-29(24-36(32)45-26)41-20-18-40(4)19-21-41)6-5-7-31(43)25-44-37-13-12-34-33-10-8-28-23-30(42)14-16-38(28,2)35(33)15-17-39(34,37)3/h9,11,22,24,28,30,33-35,37,42H,1,5-8,10,12-21,23,25H2,2-4H3/t28-,30+,33-,34-,35-,37-,38-,39-/m0/s1. The van der Waals surface area contributed by atoms with E-state index in [-0.39, 0.29) is 30.0 Å². The number of piperazine rings is 1. The molecule has 7 rings (SSSR count). The highest BCUT2D eigenvalue weighted by atomic mass is 16.5. The summed E-state index contributed by atoms with van der Waals surface area (Å²) in [5, 5.41) is 10.4. The lowest BCUT2D eigenvalue weighted by molar-refractivity contribution is -0.146. The van der Waals surface area contributed by atoms with Gasteiger partial charge < -0.3 is 24.4 Å². The molecule has 0 amide bonds. The van der Waals surface area contributed by atoms with Crippen molar-refractivity contribution in [1.29, 1.82) is 0 Å². The highest BCUT2D eigenvalue weighted by Crippen LogP contribution is 2.66. The maximum absolute atomic E-state index is 13.1. The SMILES string of the molecule is C=C1C=C(CCCC(=O)CO[C@H]2CC[C@H]3[C@@H]4CC[C@H]5C[C@H](O)CC[C@]5(C)[C@H]4CC[C@]23C)c2ccc(N3CCN(C)CC3)cc2O1. The molecule has 246 valence electrons. The van der Waals surface area contributed by atoms with Gasteiger partial charge in [-0.15, -0.1) is 0 Å². The molecule has 0 spiro atoms. The fraction of sp³-hybridized carbons (Fsp3) is 0.718. The van der Waals surface area contributed by atoms with Crippen molar-refractivity contribution in [2.24, 2.45) is 34.5 Å². The summed E-state index contributed by atoms with van der Waals surface area (Å²) in [4.78, 5) is 17.9. The first kappa shape index (κ1) is 31.4. The van der Waals surface area contributed by atoms with Gasteiger partial charge in [-0.3, -0.25) is 4.79 Å². The van der Waals surface area contributed by atoms with Crippen LogP contribution in [0.3, 0.4) is 0 Å². The highest BCUT2D eigenvalue weighted by molar-refractivity contribution is 5.80. The Bertz CT molecular complexity index is 1320. The summed E-state index contributed by atoms with van der Waals surface area (Å²) in [6.45, 7) is 13.6. The van der Waals surface area contributed by atoms with Crippen molar-refractivity contribution in [3.8, 4) is 5.75 Å². The van der Waals surface area contributed by atoms with E-state index in [0.29, 0.717) is 29.4 Å². The number of Topliss-reactive ketones (excluding diaryl/α,β-unsaturated/α-hetero) is 1. The Hall–Kier alpha value is -2.15. The fourth-order valence-electron chi connectivity index (χ4n) is 11.0. The van der Waals surface area contributed by atoms with Crippen LogP contribution in [-0.4, -0.2) is 67.8 Å². The van der Waals surface area contributed by atoms with Crippen molar-refractivity contribution in [3.63, 3.8) is 0 Å². The zero-order valence-corrected chi connectivity index (χ0v) is 28.1. The third-order valence-electron chi connectivity index (χ3n) is 13.7. The molecule has 4 aliphatic carbocycles. The lowest BCUT2D eigenvalue weighted by Gasteiger charge is -2.60. The van der Waals surface area contributed by atoms with Crippen molar-refractivity contribution < 1.29 is 19.4 Å². The van der Waals surface area contributed by atoms with Gasteiger partial charge in [0, 0.05) is 49.9 Å². The molecule has 0 unspecified atom stereocenters. The molecule has 0 radical (unpaired) electrons. The minimum atomic E-state index is -0.0839. The van der Waals surface area contributed by atoms with Gasteiger partial charge >= 0.3 is 0 Å². The number of aliphatic hydroxyl groups is 1. The first-order chi connectivity index (χ1) is 21.6. The third kappa shape index (κ3) is 5.93. The topological polar surface area (TPSA) is 62.2 Å². The summed E-state index contributed by atoms with van der Waals surface area (Å²) >= 11 is 0. The summed E-state index contributed by atoms with van der Waals surface area (Å²) in [7, 11) is 2.18. The Kier molecular flexibility index (Phi) is 8.71. The van der Waals surface area contributed by atoms with Gasteiger partial charge in [-0.25, -0.2) is 0 Å². The Morgan fingerprint density at radius 1 is 1.02 bits per heavy atom. The predicted octanol–water partition coefficient (Wildman–Crippen LogP) is 7.26. The van der Waals surface area contributed by atoms with Gasteiger partial charge in [-0.05, 0) is 136 Å². The molecule has 2 heterocycles. The molecule has 6 aliphatic rings. The van der Waals surface area contributed by atoms with Gasteiger partial charge in [0.15, 0.2) is 5.78 Å². The predicted molar refractivity (Wildman–Crippen MR) is 180 cm³/mol. The Balaban J connectivity index is 0.908. The first-order valence-corrected chi connectivity index (χ1v) is 18.1. The molecule has 45 heavy (non-hydrogen) atoms. The summed E-state index contributed by atoms with van der Waals surface area (Å²) in [5.74, 6) is 4.76. The van der Waals surface area contributed by atoms with E-state index in [4.69, 9.17) is 9.47 Å². The lowest BCUT2D eigenvalue weighted by atomic mass is 9.45. The van der Waals surface area contributed by atoms with Crippen molar-refractivity contribution in [1.82, 2.24) is 4.90 Å². The number of aliphatic hydroxyl groups excluding tert-OH is 1. The Labute approximate surface area is 271 Å². The monoisotopic (exact) mass is 616 g/mol. The number of ether oxygens (including phenoxy) is 2. The number of rotatable bonds is 8. The number of likely N-dealkylation sites (N-methyl/N-ethyl adjacent to an activating group) is 1. The summed E-state index contributed by atoms with van der Waals surface area (Å²) in [6.07, 6.45) is 15.0. The van der Waals surface area contributed by atoms with Crippen LogP contribution in [-0.2, 0) is 9.53 Å². The van der Waals surface area contributed by atoms with E-state index >= 15 is 0 Å². The maximum atomic E-state index is 13.1. The van der Waals surface area contributed by atoms with Crippen molar-refractivity contribution in [2.45, 2.75) is 103 Å². The molecule has 4 saturated carbocycles. The van der Waals surface area contributed by atoms with Crippen LogP contribution in [0.25, 0.3) is 5.57 Å². The van der Waals surface area contributed by atoms with Crippen LogP contribution >= 0.6 is 0 Å². The minimum Gasteiger partial charge on any atom is -0.457 e. The maximum Gasteiger partial charge on any atom is 0.158 e. The van der Waals surface area contributed by atoms with E-state index in [1.54, 1.807) is 0 Å². The van der Waals surface area contributed by atoms with E-state index < -0.39 is 0 Å². The van der Waals surface area contributed by atoms with Crippen LogP contribution in [0, 0.1) is 34.5 Å². The second-order valence-corrected chi connectivity index (χ2v) is 16.1. The average molecular weight is 617 g/mol. The zero-order valence-electron chi connectivity index (χ0n) is 28.1. The number of allylic oxidation sites excluding steroid dienone is 2. The molecule has 8 atom stereocenters. The molecular formula is C39H56N2O4. The largest absolute Gasteiger partial charge is 0.457 e. The summed E-state index contributed by atoms with van der Waals surface area (Å²) in [6, 6.07) is 6.55. The van der Waals surface area contributed by atoms with Crippen molar-refractivity contribution in [3.05, 3.63) is 42.2 Å². The molecular weight excluding hydrogens is 560 g/mol. The molecule has 1 saturated heterocycles. The van der Waals surface area contributed by atoms with Gasteiger partial charge in [0.2, 0.25) is 0 Å². The number of carbonyl (C=O) groups excluding carboxylic acids is 1. The number of hydrogen-bond acceptors (Lipinski definition) is 6. The number of ketones is 1. The number of anilines is 1. The number of nitrogens with zero attached hydrogens (tertiary/aromatic N) is 2. The Morgan fingerprint density at radius 3 is 2.62 bits per heavy atom. The van der Waals surface area contributed by atoms with Crippen LogP contribution in [0.5, 0.6) is 5.75 Å². The van der Waals surface area contributed by atoms with Crippen LogP contribution in [0.2, 0.25) is 0 Å². The van der Waals surface area contributed by atoms with Crippen LogP contribution in [0.15, 0.2) is 36.6 Å². The van der Waals surface area contributed by atoms with Crippen LogP contribution in [0.4, 0.5) is 5.69 Å². The number of fused-ring (bicyclic) bond motifs is 6. The smallest absolute Gasteiger partial charge is 0.158 e. The number of hydrogen-bond donors (Lipinski definition) is 1. The number of carbonyl (C=O) groups is 1. The average Bonchev–Trinajstić information content (AvgIpc) is 3.36. The molecule has 6 nitrogen and oxygen atoms in total. The van der Waals surface area contributed by atoms with Gasteiger partial charge in [0.1, 0.15) is 18.1 Å². The molecule has 2 aliphatic heterocycles. The molecule has 1 aromatic carbocycles. The normalized spacial score (nSPS) is 38.0. The Morgan fingerprint density at radius 2 is 1.80 bits per heavy atom. The van der Waals surface area contributed by atoms with E-state index in [1.807, 2.05) is 6.08 Å². The van der Waals surface area contributed by atoms with E-state index in [0.717, 1.165) is 81.4 Å². The van der Waals surface area contributed by atoms with Crippen molar-refractivity contribution >= 4 is 17.0 Å². The van der Waals surface area contributed by atoms with E-state index in [2.05, 4.69) is 55.5 Å². The second-order valence-electron chi connectivity index (χ2n) is 16.1. The van der Waals surface area contributed by atoms with Gasteiger partial charge in [0.05, 0.1) is 12.2 Å². The van der Waals surface area contributed by atoms with Crippen LogP contribution < -0.4 is 9.64 Å². The molecule has 6 heteroatoms. The summed E-state index contributed by atoms with van der Waals surface area (Å²) < 4.78 is 12.6. The quantitative estimate of drug-likeness (QED) is 0.332. The third-order valence-corrected chi connectivity index (χ3v) is 13.7. The molecule has 1 aromatic rings.